The van der Waals surface area contributed by atoms with Crippen molar-refractivity contribution < 1.29 is 33.9 Å². The van der Waals surface area contributed by atoms with Gasteiger partial charge in [-0.25, -0.2) is 0 Å². The summed E-state index contributed by atoms with van der Waals surface area (Å²) < 4.78 is 27.8. The minimum Gasteiger partial charge on any atom is -0.412 e. The predicted octanol–water partition coefficient (Wildman–Crippen LogP) is -0.980. The van der Waals surface area contributed by atoms with Crippen molar-refractivity contribution in [2.75, 3.05) is 40.8 Å². The van der Waals surface area contributed by atoms with Crippen LogP contribution in [-0.4, -0.2) is 46.2 Å². The van der Waals surface area contributed by atoms with Crippen LogP contribution < -0.4 is 0 Å². The summed E-state index contributed by atoms with van der Waals surface area (Å²) >= 11 is 0. The van der Waals surface area contributed by atoms with Crippen LogP contribution in [0.4, 0.5) is 0 Å². The Morgan fingerprint density at radius 2 is 0.538 bits per heavy atom. The van der Waals surface area contributed by atoms with Crippen molar-refractivity contribution in [3.8, 4) is 0 Å². The van der Waals surface area contributed by atoms with E-state index in [0.29, 0.717) is 40.8 Å². The van der Waals surface area contributed by atoms with Crippen LogP contribution in [0.5, 0.6) is 0 Å². The predicted molar refractivity (Wildman–Crippen MR) is 39.3 cm³/mol. The molecule has 7 heteroatoms. The summed E-state index contributed by atoms with van der Waals surface area (Å²) in [7, 11) is 0. The van der Waals surface area contributed by atoms with Crippen LogP contribution in [0.25, 0.3) is 0 Å². The fourth-order valence-corrected chi connectivity index (χ4v) is 0.558. The Morgan fingerprint density at radius 1 is 0.385 bits per heavy atom. The molecule has 0 aromatic carbocycles. The maximum atomic E-state index is 4.62. The summed E-state index contributed by atoms with van der Waals surface area (Å²) in [5, 5.41) is 0. The van der Waals surface area contributed by atoms with Gasteiger partial charge in [-0.2, -0.15) is 0 Å². The fraction of sp³-hybridized carbons (Fsp3) is 1.00. The molecule has 2 heterocycles. The molecule has 7 nitrogen and oxygen atoms in total. The minimum absolute atomic E-state index is 0. The summed E-state index contributed by atoms with van der Waals surface area (Å²) in [4.78, 5) is 0. The maximum Gasteiger partial charge on any atom is 0.152 e. The molecule has 0 amide bonds. The van der Waals surface area contributed by atoms with Crippen molar-refractivity contribution in [2.45, 2.75) is 0 Å². The minimum atomic E-state index is 0. The first-order chi connectivity index (χ1) is 6.00. The number of rotatable bonds is 0. The Balaban J connectivity index is 0.000000206. The van der Waals surface area contributed by atoms with Gasteiger partial charge in [0.05, 0.1) is 0 Å². The smallest absolute Gasteiger partial charge is 0.152 e. The van der Waals surface area contributed by atoms with Gasteiger partial charge in [0, 0.05) is 0 Å². The molecule has 2 rings (SSSR count). The molecule has 2 fully saturated rings. The summed E-state index contributed by atoms with van der Waals surface area (Å²) in [6, 6.07) is 0. The lowest BCUT2D eigenvalue weighted by Gasteiger charge is -2.10. The van der Waals surface area contributed by atoms with E-state index in [1.54, 1.807) is 0 Å². The summed E-state index contributed by atoms with van der Waals surface area (Å²) in [6.07, 6.45) is 0. The Labute approximate surface area is 75.7 Å². The highest BCUT2D eigenvalue weighted by Gasteiger charge is 1.93. The Bertz CT molecular complexity index is 56.0. The third-order valence-corrected chi connectivity index (χ3v) is 1.00. The molecule has 0 spiro atoms. The maximum absolute atomic E-state index is 4.62. The van der Waals surface area contributed by atoms with E-state index in [0.717, 1.165) is 0 Å². The molecule has 80 valence electrons. The first kappa shape index (κ1) is 12.7. The van der Waals surface area contributed by atoms with Crippen molar-refractivity contribution in [1.29, 1.82) is 0 Å². The second-order valence-corrected chi connectivity index (χ2v) is 1.93. The lowest BCUT2D eigenvalue weighted by atomic mass is 11.2. The highest BCUT2D eigenvalue weighted by Crippen LogP contribution is 1.87. The largest absolute Gasteiger partial charge is 0.412 e. The van der Waals surface area contributed by atoms with Crippen molar-refractivity contribution in [2.24, 2.45) is 0 Å². The molecular weight excluding hydrogens is 184 g/mol. The second kappa shape index (κ2) is 9.81. The normalized spacial score (nSPS) is 22.2. The van der Waals surface area contributed by atoms with Gasteiger partial charge in [0.2, 0.25) is 0 Å². The van der Waals surface area contributed by atoms with Gasteiger partial charge < -0.3 is 33.9 Å². The van der Waals surface area contributed by atoms with Gasteiger partial charge in [-0.05, 0) is 0 Å². The molecule has 0 atom stereocenters. The van der Waals surface area contributed by atoms with Gasteiger partial charge in [-0.15, -0.1) is 0 Å². The van der Waals surface area contributed by atoms with Gasteiger partial charge in [0.1, 0.15) is 0 Å². The SMILES string of the molecule is C1OCOCO1.C1OCOCO1.O. The highest BCUT2D eigenvalue weighted by atomic mass is 16.8. The number of ether oxygens (including phenoxy) is 6. The molecule has 13 heavy (non-hydrogen) atoms. The van der Waals surface area contributed by atoms with Crippen molar-refractivity contribution >= 4 is 0 Å². The van der Waals surface area contributed by atoms with E-state index in [2.05, 4.69) is 28.4 Å². The van der Waals surface area contributed by atoms with E-state index in [4.69, 9.17) is 0 Å². The average Bonchev–Trinajstić information content (AvgIpc) is 2.24. The van der Waals surface area contributed by atoms with Crippen LogP contribution in [0, 0.1) is 0 Å². The van der Waals surface area contributed by atoms with Crippen molar-refractivity contribution in [3.05, 3.63) is 0 Å². The van der Waals surface area contributed by atoms with Gasteiger partial charge >= 0.3 is 0 Å². The summed E-state index contributed by atoms with van der Waals surface area (Å²) in [5.74, 6) is 0. The van der Waals surface area contributed by atoms with E-state index in [-0.39, 0.29) is 5.48 Å². The van der Waals surface area contributed by atoms with Crippen LogP contribution in [0.3, 0.4) is 0 Å². The van der Waals surface area contributed by atoms with Gasteiger partial charge in [-0.3, -0.25) is 0 Å². The molecule has 0 aliphatic carbocycles. The van der Waals surface area contributed by atoms with Crippen LogP contribution in [-0.2, 0) is 28.4 Å². The lowest BCUT2D eigenvalue weighted by molar-refractivity contribution is -0.247. The fourth-order valence-electron chi connectivity index (χ4n) is 0.558. The average molecular weight is 198 g/mol. The zero-order valence-corrected chi connectivity index (χ0v) is 7.19. The molecule has 2 aliphatic rings. The lowest BCUT2D eigenvalue weighted by Crippen LogP contribution is -2.14. The Kier molecular flexibility index (Phi) is 9.59. The molecular formula is C6H14O7. The monoisotopic (exact) mass is 198 g/mol. The Hall–Kier alpha value is -0.280. The molecule has 2 saturated heterocycles. The third-order valence-electron chi connectivity index (χ3n) is 1.00. The van der Waals surface area contributed by atoms with Gasteiger partial charge in [0.25, 0.3) is 0 Å². The summed E-state index contributed by atoms with van der Waals surface area (Å²) in [5.41, 5.74) is 0. The second-order valence-electron chi connectivity index (χ2n) is 1.93. The van der Waals surface area contributed by atoms with E-state index in [9.17, 15) is 0 Å². The van der Waals surface area contributed by atoms with Crippen LogP contribution >= 0.6 is 0 Å². The highest BCUT2D eigenvalue weighted by molar-refractivity contribution is 4.09. The molecule has 0 aromatic rings. The van der Waals surface area contributed by atoms with E-state index >= 15 is 0 Å². The van der Waals surface area contributed by atoms with Gasteiger partial charge in [-0.1, -0.05) is 0 Å². The quantitative estimate of drug-likeness (QED) is 0.497. The van der Waals surface area contributed by atoms with Crippen molar-refractivity contribution in [1.82, 2.24) is 0 Å². The Morgan fingerprint density at radius 3 is 0.615 bits per heavy atom. The molecule has 0 saturated carbocycles. The standard InChI is InChI=1S/2C3H6O3.H2O/c2*1-4-2-6-3-5-1;/h2*1-3H2;1H2. The van der Waals surface area contributed by atoms with E-state index < -0.39 is 0 Å². The first-order valence-corrected chi connectivity index (χ1v) is 3.46. The number of hydrogen-bond donors (Lipinski definition) is 0. The molecule has 2 N–H and O–H groups in total. The zero-order chi connectivity index (χ0) is 8.49. The molecule has 0 aromatic heterocycles. The molecule has 0 bridgehead atoms. The zero-order valence-electron chi connectivity index (χ0n) is 7.19. The number of hydrogen-bond acceptors (Lipinski definition) is 6. The van der Waals surface area contributed by atoms with E-state index in [1.807, 2.05) is 0 Å². The third kappa shape index (κ3) is 8.06. The molecule has 0 unspecified atom stereocenters. The van der Waals surface area contributed by atoms with E-state index in [1.165, 1.54) is 0 Å². The first-order valence-electron chi connectivity index (χ1n) is 3.46. The van der Waals surface area contributed by atoms with Crippen LogP contribution in [0.2, 0.25) is 0 Å². The molecule has 0 radical (unpaired) electrons. The van der Waals surface area contributed by atoms with Crippen LogP contribution in [0.1, 0.15) is 0 Å². The van der Waals surface area contributed by atoms with Gasteiger partial charge in [0.15, 0.2) is 40.8 Å². The van der Waals surface area contributed by atoms with Crippen molar-refractivity contribution in [3.63, 3.8) is 0 Å². The topological polar surface area (TPSA) is 86.9 Å². The summed E-state index contributed by atoms with van der Waals surface area (Å²) in [6.45, 7) is 2.25. The van der Waals surface area contributed by atoms with Crippen LogP contribution in [0.15, 0.2) is 0 Å². The molecule has 2 aliphatic heterocycles.